The van der Waals surface area contributed by atoms with Gasteiger partial charge in [-0.1, -0.05) is 6.42 Å². The lowest BCUT2D eigenvalue weighted by Crippen LogP contribution is -2.27. The van der Waals surface area contributed by atoms with Crippen LogP contribution in [-0.4, -0.2) is 44.6 Å². The number of nitrogens with one attached hydrogen (secondary N) is 1. The number of aliphatic hydroxyl groups is 1. The first-order valence-electron chi connectivity index (χ1n) is 6.81. The Balaban J connectivity index is 1.87. The largest absolute Gasteiger partial charge is 0.447 e. The van der Waals surface area contributed by atoms with E-state index in [9.17, 15) is 13.5 Å². The normalized spacial score (nSPS) is 23.6. The Morgan fingerprint density at radius 2 is 2.15 bits per heavy atom. The van der Waals surface area contributed by atoms with Crippen LogP contribution < -0.4 is 5.32 Å². The Hall–Kier alpha value is -0.890. The van der Waals surface area contributed by atoms with Crippen LogP contribution in [0, 0.1) is 5.92 Å². The van der Waals surface area contributed by atoms with Crippen molar-refractivity contribution in [1.29, 1.82) is 0 Å². The first-order valence-corrected chi connectivity index (χ1v) is 8.25. The predicted molar refractivity (Wildman–Crippen MR) is 74.6 cm³/mol. The second-order valence-corrected chi connectivity index (χ2v) is 7.48. The molecule has 1 aromatic heterocycles. The fraction of sp³-hybridized carbons (Fsp3) is 0.692. The van der Waals surface area contributed by atoms with Gasteiger partial charge in [-0.3, -0.25) is 0 Å². The molecule has 1 aliphatic carbocycles. The summed E-state index contributed by atoms with van der Waals surface area (Å²) in [6.07, 6.45) is 2.76. The zero-order chi connectivity index (χ0) is 14.8. The van der Waals surface area contributed by atoms with Crippen molar-refractivity contribution in [3.05, 3.63) is 17.9 Å². The van der Waals surface area contributed by atoms with Gasteiger partial charge in [-0.2, -0.15) is 0 Å². The molecule has 1 aliphatic rings. The van der Waals surface area contributed by atoms with Crippen molar-refractivity contribution in [2.45, 2.75) is 37.0 Å². The molecule has 2 rings (SSSR count). The minimum atomic E-state index is -3.51. The highest BCUT2D eigenvalue weighted by Crippen LogP contribution is 2.24. The monoisotopic (exact) mass is 302 g/mol. The average molecular weight is 302 g/mol. The lowest BCUT2D eigenvalue weighted by atomic mass is 10.1. The van der Waals surface area contributed by atoms with Crippen LogP contribution in [0.4, 0.5) is 0 Å². The first kappa shape index (κ1) is 15.5. The fourth-order valence-corrected chi connectivity index (χ4v) is 3.22. The van der Waals surface area contributed by atoms with E-state index in [0.717, 1.165) is 30.1 Å². The third-order valence-electron chi connectivity index (χ3n) is 3.70. The molecule has 0 amide bonds. The van der Waals surface area contributed by atoms with Gasteiger partial charge in [-0.25, -0.2) is 12.7 Å². The second-order valence-electron chi connectivity index (χ2n) is 5.40. The Morgan fingerprint density at radius 1 is 1.40 bits per heavy atom. The van der Waals surface area contributed by atoms with E-state index in [2.05, 4.69) is 5.32 Å². The number of hydrogen-bond acceptors (Lipinski definition) is 5. The van der Waals surface area contributed by atoms with Crippen LogP contribution in [0.25, 0.3) is 0 Å². The van der Waals surface area contributed by atoms with Crippen molar-refractivity contribution in [2.75, 3.05) is 20.6 Å². The molecule has 2 N–H and O–H groups in total. The summed E-state index contributed by atoms with van der Waals surface area (Å²) in [5.41, 5.74) is 0. The summed E-state index contributed by atoms with van der Waals surface area (Å²) in [6, 6.07) is 3.13. The van der Waals surface area contributed by atoms with Crippen molar-refractivity contribution < 1.29 is 17.9 Å². The molecule has 2 unspecified atom stereocenters. The molecule has 7 heteroatoms. The average Bonchev–Trinajstić information content (AvgIpc) is 2.99. The molecular weight excluding hydrogens is 280 g/mol. The quantitative estimate of drug-likeness (QED) is 0.811. The first-order chi connectivity index (χ1) is 9.41. The summed E-state index contributed by atoms with van der Waals surface area (Å²) in [5.74, 6) is 0.868. The number of aliphatic hydroxyl groups excluding tert-OH is 1. The predicted octanol–water partition coefficient (Wildman–Crippen LogP) is 0.780. The SMILES string of the molecule is CN(C)S(=O)(=O)c1ccc(CNCC2CCCC2O)o1. The van der Waals surface area contributed by atoms with Crippen LogP contribution in [0.2, 0.25) is 0 Å². The van der Waals surface area contributed by atoms with E-state index in [1.807, 2.05) is 0 Å². The van der Waals surface area contributed by atoms with Crippen LogP contribution >= 0.6 is 0 Å². The molecule has 20 heavy (non-hydrogen) atoms. The number of nitrogens with zero attached hydrogens (tertiary/aromatic N) is 1. The van der Waals surface area contributed by atoms with E-state index in [4.69, 9.17) is 4.42 Å². The third-order valence-corrected chi connectivity index (χ3v) is 5.39. The Kier molecular flexibility index (Phi) is 4.85. The van der Waals surface area contributed by atoms with Gasteiger partial charge < -0.3 is 14.8 Å². The molecule has 0 aliphatic heterocycles. The zero-order valence-electron chi connectivity index (χ0n) is 11.9. The van der Waals surface area contributed by atoms with Gasteiger partial charge in [-0.15, -0.1) is 0 Å². The van der Waals surface area contributed by atoms with Gasteiger partial charge in [0.2, 0.25) is 5.09 Å². The van der Waals surface area contributed by atoms with Crippen LogP contribution in [-0.2, 0) is 16.6 Å². The van der Waals surface area contributed by atoms with E-state index >= 15 is 0 Å². The molecule has 1 fully saturated rings. The van der Waals surface area contributed by atoms with Gasteiger partial charge in [0, 0.05) is 20.6 Å². The molecule has 2 atom stereocenters. The summed E-state index contributed by atoms with van der Waals surface area (Å²) in [7, 11) is -0.568. The molecular formula is C13H22N2O4S. The van der Waals surface area contributed by atoms with Crippen LogP contribution in [0.5, 0.6) is 0 Å². The van der Waals surface area contributed by atoms with E-state index < -0.39 is 10.0 Å². The minimum Gasteiger partial charge on any atom is -0.447 e. The highest BCUT2D eigenvalue weighted by Gasteiger charge is 2.25. The molecule has 1 saturated carbocycles. The van der Waals surface area contributed by atoms with Gasteiger partial charge in [0.15, 0.2) is 0 Å². The zero-order valence-corrected chi connectivity index (χ0v) is 12.7. The number of furan rings is 1. The van der Waals surface area contributed by atoms with Gasteiger partial charge in [0.1, 0.15) is 5.76 Å². The molecule has 6 nitrogen and oxygen atoms in total. The Morgan fingerprint density at radius 3 is 2.75 bits per heavy atom. The van der Waals surface area contributed by atoms with E-state index in [1.54, 1.807) is 6.07 Å². The molecule has 0 bridgehead atoms. The van der Waals surface area contributed by atoms with Gasteiger partial charge in [-0.05, 0) is 30.9 Å². The fourth-order valence-electron chi connectivity index (χ4n) is 2.41. The molecule has 114 valence electrons. The van der Waals surface area contributed by atoms with Crippen molar-refractivity contribution in [1.82, 2.24) is 9.62 Å². The van der Waals surface area contributed by atoms with Crippen molar-refractivity contribution >= 4 is 10.0 Å². The Labute approximate surface area is 119 Å². The topological polar surface area (TPSA) is 82.8 Å². The van der Waals surface area contributed by atoms with Crippen molar-refractivity contribution in [3.63, 3.8) is 0 Å². The highest BCUT2D eigenvalue weighted by atomic mass is 32.2. The van der Waals surface area contributed by atoms with Crippen molar-refractivity contribution in [2.24, 2.45) is 5.92 Å². The smallest absolute Gasteiger partial charge is 0.275 e. The number of sulfonamides is 1. The number of rotatable bonds is 6. The molecule has 1 aromatic rings. The third kappa shape index (κ3) is 3.41. The van der Waals surface area contributed by atoms with Crippen LogP contribution in [0.3, 0.4) is 0 Å². The van der Waals surface area contributed by atoms with Crippen LogP contribution in [0.1, 0.15) is 25.0 Å². The van der Waals surface area contributed by atoms with E-state index in [1.165, 1.54) is 20.2 Å². The van der Waals surface area contributed by atoms with Gasteiger partial charge in [0.25, 0.3) is 10.0 Å². The maximum absolute atomic E-state index is 11.8. The molecule has 0 radical (unpaired) electrons. The molecule has 0 aromatic carbocycles. The van der Waals surface area contributed by atoms with Gasteiger partial charge in [0.05, 0.1) is 12.6 Å². The van der Waals surface area contributed by atoms with E-state index in [-0.39, 0.29) is 17.1 Å². The second kappa shape index (κ2) is 6.26. The number of hydrogen-bond donors (Lipinski definition) is 2. The highest BCUT2D eigenvalue weighted by molar-refractivity contribution is 7.88. The summed E-state index contributed by atoms with van der Waals surface area (Å²) in [4.78, 5) is 0. The van der Waals surface area contributed by atoms with E-state index in [0.29, 0.717) is 12.3 Å². The summed E-state index contributed by atoms with van der Waals surface area (Å²) >= 11 is 0. The van der Waals surface area contributed by atoms with Gasteiger partial charge >= 0.3 is 0 Å². The summed E-state index contributed by atoms with van der Waals surface area (Å²) in [5, 5.41) is 12.9. The molecule has 0 spiro atoms. The summed E-state index contributed by atoms with van der Waals surface area (Å²) in [6.45, 7) is 1.18. The maximum Gasteiger partial charge on any atom is 0.275 e. The summed E-state index contributed by atoms with van der Waals surface area (Å²) < 4.78 is 30.2. The lowest BCUT2D eigenvalue weighted by Gasteiger charge is -2.14. The van der Waals surface area contributed by atoms with Crippen LogP contribution in [0.15, 0.2) is 21.6 Å². The standard InChI is InChI=1S/C13H22N2O4S/c1-15(2)20(17,18)13-7-6-11(19-13)9-14-8-10-4-3-5-12(10)16/h6-7,10,12,14,16H,3-5,8-9H2,1-2H3. The Bertz CT molecular complexity index is 538. The van der Waals surface area contributed by atoms with Crippen molar-refractivity contribution in [3.8, 4) is 0 Å². The maximum atomic E-state index is 11.8. The lowest BCUT2D eigenvalue weighted by molar-refractivity contribution is 0.131. The molecule has 1 heterocycles. The molecule has 0 saturated heterocycles. The minimum absolute atomic E-state index is 0.0415.